The Morgan fingerprint density at radius 2 is 1.89 bits per heavy atom. The molecule has 0 atom stereocenters. The summed E-state index contributed by atoms with van der Waals surface area (Å²) in [4.78, 5) is 1.73. The Balaban J connectivity index is 2.49. The van der Waals surface area contributed by atoms with Crippen LogP contribution in [0.25, 0.3) is 6.08 Å². The number of benzene rings is 1. The van der Waals surface area contributed by atoms with Gasteiger partial charge in [0, 0.05) is 9.75 Å². The normalized spacial score (nSPS) is 12.1. The van der Waals surface area contributed by atoms with E-state index in [1.54, 1.807) is 30.3 Å². The number of hydrogen-bond donors (Lipinski definition) is 0. The van der Waals surface area contributed by atoms with Gasteiger partial charge in [0.2, 0.25) is 9.84 Å². The summed E-state index contributed by atoms with van der Waals surface area (Å²) < 4.78 is 24.6. The second-order valence-electron chi connectivity index (χ2n) is 3.89. The molecular weight excluding hydrogens is 278 g/mol. The van der Waals surface area contributed by atoms with Crippen LogP contribution in [0.3, 0.4) is 0 Å². The molecule has 0 unspecified atom stereocenters. The van der Waals surface area contributed by atoms with Gasteiger partial charge >= 0.3 is 0 Å². The predicted molar refractivity (Wildman–Crippen MR) is 76.3 cm³/mol. The van der Waals surface area contributed by atoms with Crippen molar-refractivity contribution in [3.8, 4) is 6.07 Å². The molecule has 0 aliphatic rings. The summed E-state index contributed by atoms with van der Waals surface area (Å²) in [6.45, 7) is 1.93. The molecule has 19 heavy (non-hydrogen) atoms. The minimum Gasteiger partial charge on any atom is -0.218 e. The van der Waals surface area contributed by atoms with E-state index in [4.69, 9.17) is 5.26 Å². The van der Waals surface area contributed by atoms with Gasteiger partial charge in [-0.25, -0.2) is 8.42 Å². The summed E-state index contributed by atoms with van der Waals surface area (Å²) in [5.74, 6) is 0. The minimum absolute atomic E-state index is 0.135. The minimum atomic E-state index is -3.73. The highest BCUT2D eigenvalue weighted by Crippen LogP contribution is 2.24. The number of rotatable bonds is 3. The number of allylic oxidation sites excluding steroid dienone is 1. The first-order valence-electron chi connectivity index (χ1n) is 5.52. The molecule has 96 valence electrons. The van der Waals surface area contributed by atoms with Crippen LogP contribution in [0.4, 0.5) is 0 Å². The van der Waals surface area contributed by atoms with Gasteiger partial charge in [0.25, 0.3) is 0 Å². The van der Waals surface area contributed by atoms with Crippen molar-refractivity contribution in [1.29, 1.82) is 5.26 Å². The molecule has 0 aliphatic carbocycles. The molecule has 1 heterocycles. The maximum atomic E-state index is 12.3. The van der Waals surface area contributed by atoms with Crippen LogP contribution in [-0.4, -0.2) is 8.42 Å². The highest BCUT2D eigenvalue weighted by Gasteiger charge is 2.20. The molecule has 0 amide bonds. The van der Waals surface area contributed by atoms with E-state index < -0.39 is 9.84 Å². The number of aryl methyl sites for hydroxylation is 1. The fourth-order valence-corrected chi connectivity index (χ4v) is 3.62. The zero-order valence-corrected chi connectivity index (χ0v) is 11.8. The van der Waals surface area contributed by atoms with Crippen molar-refractivity contribution < 1.29 is 8.42 Å². The molecule has 0 aliphatic heterocycles. The van der Waals surface area contributed by atoms with Gasteiger partial charge < -0.3 is 0 Å². The summed E-state index contributed by atoms with van der Waals surface area (Å²) >= 11 is 1.45. The lowest BCUT2D eigenvalue weighted by molar-refractivity contribution is 0.603. The number of hydrogen-bond acceptors (Lipinski definition) is 4. The van der Waals surface area contributed by atoms with Crippen LogP contribution in [0.15, 0.2) is 52.3 Å². The maximum absolute atomic E-state index is 12.3. The van der Waals surface area contributed by atoms with Crippen molar-refractivity contribution in [2.24, 2.45) is 0 Å². The largest absolute Gasteiger partial charge is 0.218 e. The molecule has 2 aromatic rings. The van der Waals surface area contributed by atoms with Crippen molar-refractivity contribution in [2.45, 2.75) is 11.8 Å². The van der Waals surface area contributed by atoms with Gasteiger partial charge in [-0.15, -0.1) is 11.3 Å². The summed E-state index contributed by atoms with van der Waals surface area (Å²) in [5, 5.41) is 9.10. The molecule has 0 saturated carbocycles. The van der Waals surface area contributed by atoms with Crippen LogP contribution >= 0.6 is 11.3 Å². The van der Waals surface area contributed by atoms with Crippen molar-refractivity contribution in [3.05, 3.63) is 57.1 Å². The number of sulfone groups is 1. The summed E-state index contributed by atoms with van der Waals surface area (Å²) in [7, 11) is -3.73. The molecule has 0 spiro atoms. The van der Waals surface area contributed by atoms with Gasteiger partial charge in [0.05, 0.1) is 4.90 Å². The van der Waals surface area contributed by atoms with E-state index >= 15 is 0 Å². The second-order valence-corrected chi connectivity index (χ2v) is 7.12. The lowest BCUT2D eigenvalue weighted by atomic mass is 10.4. The van der Waals surface area contributed by atoms with Gasteiger partial charge in [0.15, 0.2) is 4.91 Å². The van der Waals surface area contributed by atoms with E-state index in [2.05, 4.69) is 0 Å². The van der Waals surface area contributed by atoms with Crippen LogP contribution in [0.5, 0.6) is 0 Å². The predicted octanol–water partition coefficient (Wildman–Crippen LogP) is 3.39. The molecule has 1 aromatic heterocycles. The van der Waals surface area contributed by atoms with E-state index in [9.17, 15) is 8.42 Å². The van der Waals surface area contributed by atoms with Crippen LogP contribution in [0, 0.1) is 18.3 Å². The number of nitrogens with zero attached hydrogens (tertiary/aromatic N) is 1. The second kappa shape index (κ2) is 5.39. The van der Waals surface area contributed by atoms with Crippen molar-refractivity contribution in [2.75, 3.05) is 0 Å². The first-order chi connectivity index (χ1) is 9.04. The zero-order chi connectivity index (χ0) is 13.9. The van der Waals surface area contributed by atoms with Gasteiger partial charge in [-0.1, -0.05) is 18.2 Å². The first-order valence-corrected chi connectivity index (χ1v) is 7.82. The standard InChI is InChI=1S/C14H11NO2S2/c1-11-7-8-12(18-11)9-14(10-15)19(16,17)13-5-3-2-4-6-13/h2-9H,1H3/b14-9+. The van der Waals surface area contributed by atoms with Gasteiger partial charge in [-0.3, -0.25) is 0 Å². The molecule has 2 rings (SSSR count). The fourth-order valence-electron chi connectivity index (χ4n) is 1.56. The molecule has 0 fully saturated rings. The van der Waals surface area contributed by atoms with Gasteiger partial charge in [-0.05, 0) is 37.3 Å². The Labute approximate surface area is 116 Å². The third kappa shape index (κ3) is 2.92. The van der Waals surface area contributed by atoms with Crippen LogP contribution in [0.2, 0.25) is 0 Å². The molecule has 5 heteroatoms. The topological polar surface area (TPSA) is 57.9 Å². The third-order valence-electron chi connectivity index (χ3n) is 2.49. The molecule has 3 nitrogen and oxygen atoms in total. The van der Waals surface area contributed by atoms with Crippen molar-refractivity contribution in [1.82, 2.24) is 0 Å². The monoisotopic (exact) mass is 289 g/mol. The van der Waals surface area contributed by atoms with E-state index in [0.29, 0.717) is 0 Å². The fraction of sp³-hybridized carbons (Fsp3) is 0.0714. The average molecular weight is 289 g/mol. The molecule has 0 bridgehead atoms. The SMILES string of the molecule is Cc1ccc(/C=C(\C#N)S(=O)(=O)c2ccccc2)s1. The Morgan fingerprint density at radius 3 is 2.42 bits per heavy atom. The number of nitriles is 1. The first kappa shape index (κ1) is 13.5. The average Bonchev–Trinajstić information content (AvgIpc) is 2.82. The summed E-state index contributed by atoms with van der Waals surface area (Å²) in [6, 6.07) is 13.4. The molecular formula is C14H11NO2S2. The zero-order valence-electron chi connectivity index (χ0n) is 10.2. The third-order valence-corrected chi connectivity index (χ3v) is 5.12. The molecule has 0 N–H and O–H groups in total. The Bertz CT molecular complexity index is 750. The van der Waals surface area contributed by atoms with Crippen molar-refractivity contribution in [3.63, 3.8) is 0 Å². The lowest BCUT2D eigenvalue weighted by Gasteiger charge is -2.01. The molecule has 0 radical (unpaired) electrons. The maximum Gasteiger partial charge on any atom is 0.216 e. The van der Waals surface area contributed by atoms with E-state index in [1.165, 1.54) is 29.5 Å². The van der Waals surface area contributed by atoms with Gasteiger partial charge in [0.1, 0.15) is 6.07 Å². The van der Waals surface area contributed by atoms with Crippen LogP contribution < -0.4 is 0 Å². The Hall–Kier alpha value is -1.90. The van der Waals surface area contributed by atoms with Crippen LogP contribution in [0.1, 0.15) is 9.75 Å². The smallest absolute Gasteiger partial charge is 0.216 e. The van der Waals surface area contributed by atoms with E-state index in [1.807, 2.05) is 13.0 Å². The van der Waals surface area contributed by atoms with Crippen molar-refractivity contribution >= 4 is 27.3 Å². The van der Waals surface area contributed by atoms with Gasteiger partial charge in [-0.2, -0.15) is 5.26 Å². The number of thiophene rings is 1. The van der Waals surface area contributed by atoms with Crippen LogP contribution in [-0.2, 0) is 9.84 Å². The Morgan fingerprint density at radius 1 is 1.21 bits per heavy atom. The highest BCUT2D eigenvalue weighted by atomic mass is 32.2. The molecule has 1 aromatic carbocycles. The van der Waals surface area contributed by atoms with E-state index in [-0.39, 0.29) is 9.80 Å². The quantitative estimate of drug-likeness (QED) is 0.814. The summed E-state index contributed by atoms with van der Waals surface area (Å²) in [6.07, 6.45) is 1.42. The Kier molecular flexibility index (Phi) is 3.84. The summed E-state index contributed by atoms with van der Waals surface area (Å²) in [5.41, 5.74) is 0. The lowest BCUT2D eigenvalue weighted by Crippen LogP contribution is -2.02. The van der Waals surface area contributed by atoms with E-state index in [0.717, 1.165) is 9.75 Å². The molecule has 0 saturated heterocycles. The highest BCUT2D eigenvalue weighted by molar-refractivity contribution is 7.95.